The lowest BCUT2D eigenvalue weighted by Gasteiger charge is -2.35. The van der Waals surface area contributed by atoms with E-state index >= 15 is 0 Å². The fourth-order valence-electron chi connectivity index (χ4n) is 4.05. The first-order valence-corrected chi connectivity index (χ1v) is 10.0. The molecule has 2 heterocycles. The molecule has 0 N–H and O–H groups in total. The second-order valence-electron chi connectivity index (χ2n) is 8.80. The Morgan fingerprint density at radius 2 is 1.88 bits per heavy atom. The molecule has 0 saturated carbocycles. The van der Waals surface area contributed by atoms with Crippen molar-refractivity contribution >= 4 is 6.09 Å². The fraction of sp³-hybridized carbons (Fsp3) is 0.682. The number of piperidine rings is 1. The van der Waals surface area contributed by atoms with Crippen LogP contribution in [0.3, 0.4) is 0 Å². The Bertz CT molecular complexity index is 573. The van der Waals surface area contributed by atoms with Crippen LogP contribution in [0.1, 0.15) is 52.0 Å². The predicted molar refractivity (Wildman–Crippen MR) is 103 cm³/mol. The Labute approximate surface area is 157 Å². The molecule has 26 heavy (non-hydrogen) atoms. The van der Waals surface area contributed by atoms with Gasteiger partial charge in [0.1, 0.15) is 5.60 Å². The lowest BCUT2D eigenvalue weighted by Crippen LogP contribution is -2.43. The highest BCUT2D eigenvalue weighted by atomic mass is 16.6. The highest BCUT2D eigenvalue weighted by Crippen LogP contribution is 2.33. The van der Waals surface area contributed by atoms with Gasteiger partial charge in [0.2, 0.25) is 0 Å². The first-order chi connectivity index (χ1) is 12.4. The van der Waals surface area contributed by atoms with Crippen LogP contribution in [0.15, 0.2) is 30.3 Å². The molecule has 2 aliphatic heterocycles. The zero-order chi connectivity index (χ0) is 18.6. The summed E-state index contributed by atoms with van der Waals surface area (Å²) in [5.41, 5.74) is 0.996. The number of amides is 1. The van der Waals surface area contributed by atoms with Crippen LogP contribution in [0.2, 0.25) is 0 Å². The van der Waals surface area contributed by atoms with Gasteiger partial charge in [-0.05, 0) is 70.3 Å². The first kappa shape index (κ1) is 19.2. The van der Waals surface area contributed by atoms with Crippen LogP contribution in [0.4, 0.5) is 4.79 Å². The van der Waals surface area contributed by atoms with E-state index in [1.807, 2.05) is 25.7 Å². The molecule has 4 heteroatoms. The van der Waals surface area contributed by atoms with Gasteiger partial charge in [0.25, 0.3) is 0 Å². The SMILES string of the molecule is CC(C)(C)OC(=O)N1CCC(C2CC(CCc3ccccc3)CO2)CC1. The minimum Gasteiger partial charge on any atom is -0.444 e. The van der Waals surface area contributed by atoms with E-state index in [1.54, 1.807) is 0 Å². The van der Waals surface area contributed by atoms with Gasteiger partial charge < -0.3 is 14.4 Å². The molecule has 0 spiro atoms. The maximum atomic E-state index is 12.2. The molecule has 0 radical (unpaired) electrons. The maximum Gasteiger partial charge on any atom is 0.410 e. The Morgan fingerprint density at radius 1 is 1.19 bits per heavy atom. The van der Waals surface area contributed by atoms with Gasteiger partial charge in [0, 0.05) is 19.7 Å². The van der Waals surface area contributed by atoms with Gasteiger partial charge in [-0.15, -0.1) is 0 Å². The average molecular weight is 360 g/mol. The third kappa shape index (κ3) is 5.47. The van der Waals surface area contributed by atoms with E-state index in [-0.39, 0.29) is 6.09 Å². The summed E-state index contributed by atoms with van der Waals surface area (Å²) >= 11 is 0. The second kappa shape index (κ2) is 8.43. The number of ether oxygens (including phenoxy) is 2. The summed E-state index contributed by atoms with van der Waals surface area (Å²) in [6.45, 7) is 8.21. The lowest BCUT2D eigenvalue weighted by atomic mass is 9.86. The van der Waals surface area contributed by atoms with E-state index in [0.717, 1.165) is 39.0 Å². The molecule has 1 amide bonds. The molecular formula is C22H33NO3. The van der Waals surface area contributed by atoms with Crippen molar-refractivity contribution in [3.8, 4) is 0 Å². The van der Waals surface area contributed by atoms with E-state index in [0.29, 0.717) is 17.9 Å². The number of hydrogen-bond acceptors (Lipinski definition) is 3. The maximum absolute atomic E-state index is 12.2. The van der Waals surface area contributed by atoms with Crippen molar-refractivity contribution in [2.24, 2.45) is 11.8 Å². The molecule has 2 saturated heterocycles. The number of nitrogens with zero attached hydrogens (tertiary/aromatic N) is 1. The number of carbonyl (C=O) groups is 1. The normalized spacial score (nSPS) is 24.7. The van der Waals surface area contributed by atoms with Gasteiger partial charge in [-0.2, -0.15) is 0 Å². The molecule has 0 aliphatic carbocycles. The molecule has 2 fully saturated rings. The summed E-state index contributed by atoms with van der Waals surface area (Å²) in [4.78, 5) is 14.0. The first-order valence-electron chi connectivity index (χ1n) is 10.0. The minimum atomic E-state index is -0.422. The number of likely N-dealkylation sites (tertiary alicyclic amines) is 1. The Balaban J connectivity index is 1.39. The molecule has 0 bridgehead atoms. The van der Waals surface area contributed by atoms with Crippen molar-refractivity contribution in [1.29, 1.82) is 0 Å². The highest BCUT2D eigenvalue weighted by molar-refractivity contribution is 5.68. The summed E-state index contributed by atoms with van der Waals surface area (Å²) in [6.07, 6.45) is 5.76. The van der Waals surface area contributed by atoms with Crippen molar-refractivity contribution in [3.63, 3.8) is 0 Å². The number of benzene rings is 1. The van der Waals surface area contributed by atoms with Crippen molar-refractivity contribution in [3.05, 3.63) is 35.9 Å². The number of rotatable bonds is 4. The third-order valence-corrected chi connectivity index (χ3v) is 5.51. The van der Waals surface area contributed by atoms with Crippen LogP contribution in [-0.2, 0) is 15.9 Å². The lowest BCUT2D eigenvalue weighted by molar-refractivity contribution is 0.00221. The number of hydrogen-bond donors (Lipinski definition) is 0. The van der Waals surface area contributed by atoms with Crippen LogP contribution in [0.5, 0.6) is 0 Å². The van der Waals surface area contributed by atoms with Crippen LogP contribution >= 0.6 is 0 Å². The molecule has 1 aromatic carbocycles. The quantitative estimate of drug-likeness (QED) is 0.784. The van der Waals surface area contributed by atoms with Crippen LogP contribution in [0.25, 0.3) is 0 Å². The second-order valence-corrected chi connectivity index (χ2v) is 8.80. The van der Waals surface area contributed by atoms with Gasteiger partial charge in [-0.25, -0.2) is 4.79 Å². The Hall–Kier alpha value is -1.55. The van der Waals surface area contributed by atoms with Gasteiger partial charge in [-0.1, -0.05) is 30.3 Å². The van der Waals surface area contributed by atoms with E-state index in [4.69, 9.17) is 9.47 Å². The number of aryl methyl sites for hydroxylation is 1. The summed E-state index contributed by atoms with van der Waals surface area (Å²) in [5, 5.41) is 0. The van der Waals surface area contributed by atoms with E-state index in [1.165, 1.54) is 18.4 Å². The average Bonchev–Trinajstić information content (AvgIpc) is 3.08. The van der Waals surface area contributed by atoms with Crippen LogP contribution in [0, 0.1) is 11.8 Å². The van der Waals surface area contributed by atoms with E-state index in [2.05, 4.69) is 30.3 Å². The molecule has 3 rings (SSSR count). The largest absolute Gasteiger partial charge is 0.444 e. The van der Waals surface area contributed by atoms with E-state index in [9.17, 15) is 4.79 Å². The summed E-state index contributed by atoms with van der Waals surface area (Å²) < 4.78 is 11.6. The molecule has 4 nitrogen and oxygen atoms in total. The van der Waals surface area contributed by atoms with Crippen LogP contribution < -0.4 is 0 Å². The molecular weight excluding hydrogens is 326 g/mol. The van der Waals surface area contributed by atoms with Gasteiger partial charge in [0.05, 0.1) is 6.10 Å². The fourth-order valence-corrected chi connectivity index (χ4v) is 4.05. The summed E-state index contributed by atoms with van der Waals surface area (Å²) in [5.74, 6) is 1.25. The Kier molecular flexibility index (Phi) is 6.23. The zero-order valence-electron chi connectivity index (χ0n) is 16.4. The summed E-state index contributed by atoms with van der Waals surface area (Å²) in [6, 6.07) is 10.7. The third-order valence-electron chi connectivity index (χ3n) is 5.51. The predicted octanol–water partition coefficient (Wildman–Crippen LogP) is 4.67. The molecule has 2 unspecified atom stereocenters. The topological polar surface area (TPSA) is 38.8 Å². The molecule has 2 aliphatic rings. The standard InChI is InChI=1S/C22H33NO3/c1-22(2,3)26-21(24)23-13-11-19(12-14-23)20-15-18(16-25-20)10-9-17-7-5-4-6-8-17/h4-8,18-20H,9-16H2,1-3H3. The van der Waals surface area contributed by atoms with Crippen molar-refractivity contribution in [2.75, 3.05) is 19.7 Å². The van der Waals surface area contributed by atoms with E-state index < -0.39 is 5.60 Å². The van der Waals surface area contributed by atoms with Crippen molar-refractivity contribution in [2.45, 2.75) is 64.6 Å². The smallest absolute Gasteiger partial charge is 0.410 e. The minimum absolute atomic E-state index is 0.177. The monoisotopic (exact) mass is 359 g/mol. The van der Waals surface area contributed by atoms with Gasteiger partial charge >= 0.3 is 6.09 Å². The number of carbonyl (C=O) groups excluding carboxylic acids is 1. The zero-order valence-corrected chi connectivity index (χ0v) is 16.4. The van der Waals surface area contributed by atoms with Crippen molar-refractivity contribution in [1.82, 2.24) is 4.90 Å². The molecule has 144 valence electrons. The van der Waals surface area contributed by atoms with Gasteiger partial charge in [-0.3, -0.25) is 0 Å². The van der Waals surface area contributed by atoms with Crippen molar-refractivity contribution < 1.29 is 14.3 Å². The molecule has 1 aromatic rings. The summed E-state index contributed by atoms with van der Waals surface area (Å²) in [7, 11) is 0. The molecule has 0 aromatic heterocycles. The molecule has 2 atom stereocenters. The van der Waals surface area contributed by atoms with Gasteiger partial charge in [0.15, 0.2) is 0 Å². The Morgan fingerprint density at radius 3 is 2.54 bits per heavy atom. The van der Waals surface area contributed by atoms with Crippen LogP contribution in [-0.4, -0.2) is 42.4 Å². The highest BCUT2D eigenvalue weighted by Gasteiger charge is 2.35.